The third-order valence-electron chi connectivity index (χ3n) is 3.85. The van der Waals surface area contributed by atoms with E-state index in [0.29, 0.717) is 35.6 Å². The zero-order valence-corrected chi connectivity index (χ0v) is 14.3. The fourth-order valence-electron chi connectivity index (χ4n) is 2.66. The van der Waals surface area contributed by atoms with Gasteiger partial charge < -0.3 is 10.3 Å². The molecule has 0 fully saturated rings. The highest BCUT2D eigenvalue weighted by molar-refractivity contribution is 5.95. The van der Waals surface area contributed by atoms with Gasteiger partial charge in [-0.25, -0.2) is 9.37 Å². The SMILES string of the molecule is Cc1cc(=O)[nH]c(CCNC(=O)c2cccc(-c3cccc(F)c3)c2)n1. The molecule has 3 rings (SSSR count). The highest BCUT2D eigenvalue weighted by atomic mass is 19.1. The van der Waals surface area contributed by atoms with Crippen molar-refractivity contribution in [1.82, 2.24) is 15.3 Å². The van der Waals surface area contributed by atoms with Gasteiger partial charge in [0.05, 0.1) is 0 Å². The van der Waals surface area contributed by atoms with E-state index in [-0.39, 0.29) is 17.3 Å². The lowest BCUT2D eigenvalue weighted by Gasteiger charge is -2.08. The zero-order valence-electron chi connectivity index (χ0n) is 14.3. The van der Waals surface area contributed by atoms with Crippen LogP contribution in [-0.2, 0) is 6.42 Å². The molecule has 0 saturated carbocycles. The summed E-state index contributed by atoms with van der Waals surface area (Å²) in [5, 5.41) is 2.80. The fourth-order valence-corrected chi connectivity index (χ4v) is 2.66. The van der Waals surface area contributed by atoms with Gasteiger partial charge in [0.15, 0.2) is 0 Å². The lowest BCUT2D eigenvalue weighted by atomic mass is 10.0. The highest BCUT2D eigenvalue weighted by Gasteiger charge is 2.08. The van der Waals surface area contributed by atoms with Crippen LogP contribution in [0, 0.1) is 12.7 Å². The van der Waals surface area contributed by atoms with Crippen molar-refractivity contribution in [3.63, 3.8) is 0 Å². The van der Waals surface area contributed by atoms with Gasteiger partial charge in [-0.3, -0.25) is 9.59 Å². The minimum absolute atomic E-state index is 0.207. The van der Waals surface area contributed by atoms with Crippen molar-refractivity contribution in [3.8, 4) is 11.1 Å². The third-order valence-corrected chi connectivity index (χ3v) is 3.85. The smallest absolute Gasteiger partial charge is 0.251 e. The molecule has 0 aliphatic carbocycles. The van der Waals surface area contributed by atoms with Crippen molar-refractivity contribution in [3.05, 3.63) is 87.9 Å². The molecule has 0 radical (unpaired) electrons. The molecule has 0 unspecified atom stereocenters. The predicted molar refractivity (Wildman–Crippen MR) is 97.5 cm³/mol. The van der Waals surface area contributed by atoms with Crippen LogP contribution in [0.25, 0.3) is 11.1 Å². The summed E-state index contributed by atoms with van der Waals surface area (Å²) in [5.41, 5.74) is 2.39. The topological polar surface area (TPSA) is 74.8 Å². The lowest BCUT2D eigenvalue weighted by Crippen LogP contribution is -2.26. The Morgan fingerprint density at radius 3 is 2.58 bits per heavy atom. The molecule has 26 heavy (non-hydrogen) atoms. The fraction of sp³-hybridized carbons (Fsp3) is 0.150. The number of amides is 1. The number of carbonyl (C=O) groups excluding carboxylic acids is 1. The minimum atomic E-state index is -0.322. The van der Waals surface area contributed by atoms with E-state index in [1.807, 2.05) is 6.07 Å². The Balaban J connectivity index is 1.66. The van der Waals surface area contributed by atoms with Gasteiger partial charge >= 0.3 is 0 Å². The maximum absolute atomic E-state index is 13.4. The number of nitrogens with zero attached hydrogens (tertiary/aromatic N) is 1. The summed E-state index contributed by atoms with van der Waals surface area (Å²) in [5.74, 6) is -0.0286. The molecule has 5 nitrogen and oxygen atoms in total. The van der Waals surface area contributed by atoms with E-state index in [2.05, 4.69) is 15.3 Å². The minimum Gasteiger partial charge on any atom is -0.352 e. The van der Waals surface area contributed by atoms with Gasteiger partial charge in [0, 0.05) is 30.3 Å². The van der Waals surface area contributed by atoms with Crippen LogP contribution in [0.3, 0.4) is 0 Å². The van der Waals surface area contributed by atoms with Gasteiger partial charge in [-0.15, -0.1) is 0 Å². The first kappa shape index (κ1) is 17.5. The Morgan fingerprint density at radius 1 is 1.12 bits per heavy atom. The van der Waals surface area contributed by atoms with Crippen molar-refractivity contribution in [2.45, 2.75) is 13.3 Å². The molecule has 3 aromatic rings. The number of aromatic nitrogens is 2. The van der Waals surface area contributed by atoms with Crippen LogP contribution >= 0.6 is 0 Å². The molecule has 1 aromatic heterocycles. The van der Waals surface area contributed by atoms with Crippen LogP contribution in [-0.4, -0.2) is 22.4 Å². The molecule has 0 saturated heterocycles. The van der Waals surface area contributed by atoms with Gasteiger partial charge in [0.1, 0.15) is 11.6 Å². The number of aryl methyl sites for hydroxylation is 1. The van der Waals surface area contributed by atoms with Crippen LogP contribution in [0.15, 0.2) is 59.4 Å². The van der Waals surface area contributed by atoms with E-state index in [1.165, 1.54) is 18.2 Å². The number of rotatable bonds is 5. The summed E-state index contributed by atoms with van der Waals surface area (Å²) in [4.78, 5) is 30.6. The number of hydrogen-bond acceptors (Lipinski definition) is 3. The van der Waals surface area contributed by atoms with E-state index in [9.17, 15) is 14.0 Å². The maximum atomic E-state index is 13.4. The summed E-state index contributed by atoms with van der Waals surface area (Å²) >= 11 is 0. The maximum Gasteiger partial charge on any atom is 0.251 e. The van der Waals surface area contributed by atoms with Crippen LogP contribution in [0.5, 0.6) is 0 Å². The van der Waals surface area contributed by atoms with E-state index >= 15 is 0 Å². The highest BCUT2D eigenvalue weighted by Crippen LogP contribution is 2.21. The zero-order chi connectivity index (χ0) is 18.5. The first-order chi connectivity index (χ1) is 12.5. The molecule has 132 valence electrons. The van der Waals surface area contributed by atoms with Crippen molar-refractivity contribution < 1.29 is 9.18 Å². The Hall–Kier alpha value is -3.28. The molecule has 1 amide bonds. The molecule has 0 atom stereocenters. The molecule has 1 heterocycles. The average molecular weight is 351 g/mol. The van der Waals surface area contributed by atoms with Crippen LogP contribution in [0.1, 0.15) is 21.9 Å². The first-order valence-electron chi connectivity index (χ1n) is 8.22. The van der Waals surface area contributed by atoms with E-state index < -0.39 is 0 Å². The van der Waals surface area contributed by atoms with E-state index in [0.717, 1.165) is 5.56 Å². The number of benzene rings is 2. The molecule has 0 aliphatic rings. The van der Waals surface area contributed by atoms with E-state index in [4.69, 9.17) is 0 Å². The third kappa shape index (κ3) is 4.42. The molecular formula is C20H18FN3O2. The number of nitrogens with one attached hydrogen (secondary N) is 2. The Bertz CT molecular complexity index is 998. The monoisotopic (exact) mass is 351 g/mol. The summed E-state index contributed by atoms with van der Waals surface area (Å²) in [6, 6.07) is 14.6. The van der Waals surface area contributed by atoms with Crippen molar-refractivity contribution in [2.75, 3.05) is 6.54 Å². The standard InChI is InChI=1S/C20H18FN3O2/c1-13-10-19(25)24-18(23-13)8-9-22-20(26)16-6-2-4-14(11-16)15-5-3-7-17(21)12-15/h2-7,10-12H,8-9H2,1H3,(H,22,26)(H,23,24,25). The number of aromatic amines is 1. The molecular weight excluding hydrogens is 333 g/mol. The van der Waals surface area contributed by atoms with Crippen LogP contribution in [0.2, 0.25) is 0 Å². The normalized spacial score (nSPS) is 10.5. The summed E-state index contributed by atoms with van der Waals surface area (Å²) in [7, 11) is 0. The van der Waals surface area contributed by atoms with Crippen molar-refractivity contribution in [1.29, 1.82) is 0 Å². The quantitative estimate of drug-likeness (QED) is 0.742. The molecule has 0 spiro atoms. The molecule has 2 N–H and O–H groups in total. The summed E-state index contributed by atoms with van der Waals surface area (Å²) in [6.07, 6.45) is 0.423. The van der Waals surface area contributed by atoms with Gasteiger partial charge in [0.2, 0.25) is 0 Å². The van der Waals surface area contributed by atoms with Crippen molar-refractivity contribution >= 4 is 5.91 Å². The van der Waals surface area contributed by atoms with Gasteiger partial charge in [-0.1, -0.05) is 24.3 Å². The Kier molecular flexibility index (Phi) is 5.22. The number of halogens is 1. The van der Waals surface area contributed by atoms with Gasteiger partial charge in [-0.05, 0) is 42.3 Å². The Labute approximate surface area is 149 Å². The number of H-pyrrole nitrogens is 1. The van der Waals surface area contributed by atoms with Gasteiger partial charge in [-0.2, -0.15) is 0 Å². The van der Waals surface area contributed by atoms with Crippen LogP contribution < -0.4 is 10.9 Å². The number of hydrogen-bond donors (Lipinski definition) is 2. The van der Waals surface area contributed by atoms with E-state index in [1.54, 1.807) is 37.3 Å². The molecule has 0 aliphatic heterocycles. The van der Waals surface area contributed by atoms with Crippen molar-refractivity contribution in [2.24, 2.45) is 0 Å². The van der Waals surface area contributed by atoms with Crippen LogP contribution in [0.4, 0.5) is 4.39 Å². The van der Waals surface area contributed by atoms with Gasteiger partial charge in [0.25, 0.3) is 11.5 Å². The largest absolute Gasteiger partial charge is 0.352 e. The molecule has 2 aromatic carbocycles. The molecule has 6 heteroatoms. The predicted octanol–water partition coefficient (Wildman–Crippen LogP) is 2.86. The average Bonchev–Trinajstić information content (AvgIpc) is 2.61. The number of carbonyl (C=O) groups is 1. The summed E-state index contributed by atoms with van der Waals surface area (Å²) in [6.45, 7) is 2.09. The Morgan fingerprint density at radius 2 is 1.85 bits per heavy atom. The summed E-state index contributed by atoms with van der Waals surface area (Å²) < 4.78 is 13.4. The lowest BCUT2D eigenvalue weighted by molar-refractivity contribution is 0.0954. The first-order valence-corrected chi connectivity index (χ1v) is 8.22. The molecule has 0 bridgehead atoms. The second-order valence-corrected chi connectivity index (χ2v) is 5.93. The second-order valence-electron chi connectivity index (χ2n) is 5.93. The second kappa shape index (κ2) is 7.74.